The minimum Gasteiger partial charge on any atom is -0.449 e. The van der Waals surface area contributed by atoms with Crippen molar-refractivity contribution in [2.45, 2.75) is 6.54 Å². The second-order valence-electron chi connectivity index (χ2n) is 5.71. The second-order valence-corrected chi connectivity index (χ2v) is 6.56. The molecule has 0 spiro atoms. The highest BCUT2D eigenvalue weighted by Gasteiger charge is 2.24. The third-order valence-corrected chi connectivity index (χ3v) is 4.75. The number of nitrogens with one attached hydrogen (secondary N) is 1. The number of hydrogen-bond acceptors (Lipinski definition) is 3. The van der Waals surface area contributed by atoms with E-state index in [1.54, 1.807) is 18.3 Å². The molecule has 0 unspecified atom stereocenters. The molecule has 0 aliphatic carbocycles. The molecule has 0 amide bonds. The molecule has 7 heteroatoms. The molecule has 0 saturated heterocycles. The van der Waals surface area contributed by atoms with Crippen LogP contribution in [-0.4, -0.2) is 22.0 Å². The number of aliphatic imine (C=N–C) groups is 1. The van der Waals surface area contributed by atoms with Gasteiger partial charge < -0.3 is 14.8 Å². The van der Waals surface area contributed by atoms with E-state index in [-0.39, 0.29) is 12.4 Å². The fourth-order valence-electron chi connectivity index (χ4n) is 3.08. The number of benzene rings is 2. The summed E-state index contributed by atoms with van der Waals surface area (Å²) >= 11 is 12.6. The topological polar surface area (TPSA) is 74.7 Å². The number of aromatic nitrogens is 1. The van der Waals surface area contributed by atoms with E-state index < -0.39 is 6.16 Å². The Balaban J connectivity index is 1.95. The first-order valence-electron chi connectivity index (χ1n) is 7.75. The first-order chi connectivity index (χ1) is 12.5. The summed E-state index contributed by atoms with van der Waals surface area (Å²) in [7, 11) is 0. The van der Waals surface area contributed by atoms with Gasteiger partial charge >= 0.3 is 6.16 Å². The zero-order chi connectivity index (χ0) is 18.3. The molecule has 0 saturated carbocycles. The zero-order valence-corrected chi connectivity index (χ0v) is 14.8. The summed E-state index contributed by atoms with van der Waals surface area (Å²) < 4.78 is 4.85. The van der Waals surface area contributed by atoms with Crippen LogP contribution >= 0.6 is 23.2 Å². The average Bonchev–Trinajstić information content (AvgIpc) is 2.91. The second kappa shape index (κ2) is 6.52. The van der Waals surface area contributed by atoms with Gasteiger partial charge in [0, 0.05) is 38.5 Å². The van der Waals surface area contributed by atoms with Crippen molar-refractivity contribution in [2.75, 3.05) is 0 Å². The monoisotopic (exact) mass is 386 g/mol. The maximum atomic E-state index is 10.9. The van der Waals surface area contributed by atoms with Gasteiger partial charge in [-0.1, -0.05) is 47.5 Å². The highest BCUT2D eigenvalue weighted by Crippen LogP contribution is 2.38. The van der Waals surface area contributed by atoms with Crippen LogP contribution in [0.2, 0.25) is 10.0 Å². The van der Waals surface area contributed by atoms with Gasteiger partial charge in [0.25, 0.3) is 0 Å². The first-order valence-corrected chi connectivity index (χ1v) is 8.51. The van der Waals surface area contributed by atoms with Crippen molar-refractivity contribution >= 4 is 35.1 Å². The molecule has 26 heavy (non-hydrogen) atoms. The van der Waals surface area contributed by atoms with Crippen molar-refractivity contribution in [3.8, 4) is 17.0 Å². The van der Waals surface area contributed by atoms with Crippen molar-refractivity contribution in [3.05, 3.63) is 75.4 Å². The highest BCUT2D eigenvalue weighted by atomic mass is 35.5. The standard InChI is InChI=1S/C19H12Cl2N2O3/c20-10-5-6-11-13(7-10)17(12-3-1-2-4-16(12)21)22-9-15-14(11)8-23-18(15)26-19(24)25/h1-8,23H,9H2,(H,24,25). The van der Waals surface area contributed by atoms with E-state index in [1.807, 2.05) is 30.3 Å². The summed E-state index contributed by atoms with van der Waals surface area (Å²) in [6, 6.07) is 12.9. The van der Waals surface area contributed by atoms with Crippen molar-refractivity contribution in [1.29, 1.82) is 0 Å². The van der Waals surface area contributed by atoms with Gasteiger partial charge in [0.2, 0.25) is 5.88 Å². The van der Waals surface area contributed by atoms with Crippen molar-refractivity contribution in [1.82, 2.24) is 4.98 Å². The van der Waals surface area contributed by atoms with Gasteiger partial charge in [0.1, 0.15) is 0 Å². The molecule has 0 bridgehead atoms. The van der Waals surface area contributed by atoms with Crippen LogP contribution in [0.4, 0.5) is 4.79 Å². The Hall–Kier alpha value is -2.76. The number of nitrogens with zero attached hydrogens (tertiary/aromatic N) is 1. The third-order valence-electron chi connectivity index (χ3n) is 4.19. The van der Waals surface area contributed by atoms with E-state index >= 15 is 0 Å². The molecule has 1 aliphatic heterocycles. The molecule has 130 valence electrons. The fraction of sp³-hybridized carbons (Fsp3) is 0.0526. The number of rotatable bonds is 2. The minimum atomic E-state index is -1.38. The Labute approximate surface area is 158 Å². The van der Waals surface area contributed by atoms with Gasteiger partial charge in [-0.25, -0.2) is 4.79 Å². The first kappa shape index (κ1) is 16.7. The molecule has 0 atom stereocenters. The Kier molecular flexibility index (Phi) is 4.18. The van der Waals surface area contributed by atoms with Crippen molar-refractivity contribution in [2.24, 2.45) is 4.99 Å². The SMILES string of the molecule is O=C(O)Oc1[nH]cc2c1CN=C(c1ccccc1Cl)c1cc(Cl)ccc1-2. The van der Waals surface area contributed by atoms with Crippen LogP contribution in [0.1, 0.15) is 16.7 Å². The molecule has 0 radical (unpaired) electrons. The molecular weight excluding hydrogens is 375 g/mol. The number of H-pyrrole nitrogens is 1. The Bertz CT molecular complexity index is 1060. The van der Waals surface area contributed by atoms with Gasteiger partial charge in [-0.2, -0.15) is 0 Å². The zero-order valence-electron chi connectivity index (χ0n) is 13.3. The molecular formula is C19H12Cl2N2O3. The summed E-state index contributed by atoms with van der Waals surface area (Å²) in [6.45, 7) is 0.244. The van der Waals surface area contributed by atoms with E-state index in [1.165, 1.54) is 0 Å². The van der Waals surface area contributed by atoms with E-state index in [4.69, 9.17) is 38.0 Å². The molecule has 3 aromatic rings. The average molecular weight is 387 g/mol. The summed E-state index contributed by atoms with van der Waals surface area (Å²) in [5, 5.41) is 10.1. The van der Waals surface area contributed by atoms with Crippen LogP contribution in [0.25, 0.3) is 11.1 Å². The molecule has 2 N–H and O–H groups in total. The number of carboxylic acid groups (broad SMARTS) is 1. The van der Waals surface area contributed by atoms with Crippen molar-refractivity contribution in [3.63, 3.8) is 0 Å². The van der Waals surface area contributed by atoms with Crippen LogP contribution < -0.4 is 4.74 Å². The lowest BCUT2D eigenvalue weighted by Crippen LogP contribution is -2.06. The third kappa shape index (κ3) is 2.85. The van der Waals surface area contributed by atoms with E-state index in [0.717, 1.165) is 22.3 Å². The van der Waals surface area contributed by atoms with Gasteiger partial charge in [-0.05, 0) is 23.8 Å². The highest BCUT2D eigenvalue weighted by molar-refractivity contribution is 6.36. The van der Waals surface area contributed by atoms with E-state index in [2.05, 4.69) is 4.98 Å². The summed E-state index contributed by atoms with van der Waals surface area (Å²) in [5.41, 5.74) is 4.66. The van der Waals surface area contributed by atoms with E-state index in [9.17, 15) is 4.79 Å². The number of aromatic amines is 1. The van der Waals surface area contributed by atoms with Crippen LogP contribution in [0.5, 0.6) is 5.88 Å². The van der Waals surface area contributed by atoms with Gasteiger partial charge in [-0.3, -0.25) is 4.99 Å². The predicted octanol–water partition coefficient (Wildman–Crippen LogP) is 5.40. The normalized spacial score (nSPS) is 12.6. The number of ether oxygens (including phenoxy) is 1. The summed E-state index contributed by atoms with van der Waals surface area (Å²) in [4.78, 5) is 18.5. The molecule has 1 aromatic heterocycles. The lowest BCUT2D eigenvalue weighted by molar-refractivity contribution is 0.142. The molecule has 0 fully saturated rings. The van der Waals surface area contributed by atoms with Crippen LogP contribution in [0.3, 0.4) is 0 Å². The number of fused-ring (bicyclic) bond motifs is 3. The smallest absolute Gasteiger partial charge is 0.449 e. The summed E-state index contributed by atoms with van der Waals surface area (Å²) in [6.07, 6.45) is 0.330. The lowest BCUT2D eigenvalue weighted by Gasteiger charge is -2.12. The minimum absolute atomic E-state index is 0.164. The Morgan fingerprint density at radius 3 is 2.65 bits per heavy atom. The molecule has 2 aromatic carbocycles. The molecule has 1 aliphatic rings. The fourth-order valence-corrected chi connectivity index (χ4v) is 3.48. The van der Waals surface area contributed by atoms with Crippen LogP contribution in [0, 0.1) is 0 Å². The van der Waals surface area contributed by atoms with Gasteiger partial charge in [0.05, 0.1) is 12.3 Å². The molecule has 4 rings (SSSR count). The van der Waals surface area contributed by atoms with Crippen molar-refractivity contribution < 1.29 is 14.6 Å². The number of halogens is 2. The van der Waals surface area contributed by atoms with E-state index in [0.29, 0.717) is 21.3 Å². The number of hydrogen-bond donors (Lipinski definition) is 2. The summed E-state index contributed by atoms with van der Waals surface area (Å²) in [5.74, 6) is 0.164. The van der Waals surface area contributed by atoms with Gasteiger partial charge in [0.15, 0.2) is 0 Å². The van der Waals surface area contributed by atoms with Crippen LogP contribution in [0.15, 0.2) is 53.7 Å². The predicted molar refractivity (Wildman–Crippen MR) is 101 cm³/mol. The maximum absolute atomic E-state index is 10.9. The van der Waals surface area contributed by atoms with Crippen LogP contribution in [-0.2, 0) is 6.54 Å². The quantitative estimate of drug-likeness (QED) is 0.579. The maximum Gasteiger partial charge on any atom is 0.512 e. The molecule has 2 heterocycles. The van der Waals surface area contributed by atoms with Gasteiger partial charge in [-0.15, -0.1) is 0 Å². The largest absolute Gasteiger partial charge is 0.512 e. The Morgan fingerprint density at radius 1 is 1.08 bits per heavy atom. The Morgan fingerprint density at radius 2 is 1.88 bits per heavy atom. The number of carbonyl (C=O) groups is 1. The lowest BCUT2D eigenvalue weighted by atomic mass is 9.94. The molecule has 5 nitrogen and oxygen atoms in total.